The summed E-state index contributed by atoms with van der Waals surface area (Å²) < 4.78 is 7.40. The number of anilines is 3. The van der Waals surface area contributed by atoms with Crippen LogP contribution in [0, 0.1) is 0 Å². The van der Waals surface area contributed by atoms with Gasteiger partial charge in [-0.15, -0.1) is 15.3 Å². The minimum Gasteiger partial charge on any atom is -0.492 e. The highest BCUT2D eigenvalue weighted by Crippen LogP contribution is 2.32. The van der Waals surface area contributed by atoms with Gasteiger partial charge in [-0.2, -0.15) is 9.67 Å². The topological polar surface area (TPSA) is 107 Å². The number of aryl methyl sites for hydroxylation is 2. The molecule has 1 aliphatic heterocycles. The molecule has 0 unspecified atom stereocenters. The minimum absolute atomic E-state index is 0.250. The van der Waals surface area contributed by atoms with Crippen LogP contribution in [-0.2, 0) is 12.8 Å². The lowest BCUT2D eigenvalue weighted by atomic mass is 9.89. The van der Waals surface area contributed by atoms with Crippen LogP contribution < -0.4 is 15.8 Å². The predicted octanol–water partition coefficient (Wildman–Crippen LogP) is 3.62. The first-order valence-electron chi connectivity index (χ1n) is 12.1. The molecule has 1 fully saturated rings. The number of aromatic nitrogens is 5. The summed E-state index contributed by atoms with van der Waals surface area (Å²) in [7, 11) is 0. The van der Waals surface area contributed by atoms with Crippen LogP contribution in [0.3, 0.4) is 0 Å². The lowest BCUT2D eigenvalue weighted by Gasteiger charge is -2.18. The van der Waals surface area contributed by atoms with E-state index in [2.05, 4.69) is 48.7 Å². The summed E-state index contributed by atoms with van der Waals surface area (Å²) >= 11 is 0. The molecule has 3 N–H and O–H groups in total. The molecule has 0 spiro atoms. The Hall–Kier alpha value is -3.98. The molecule has 9 heteroatoms. The number of hydrogen-bond donors (Lipinski definition) is 2. The maximum Gasteiger partial charge on any atom is 0.248 e. The Kier molecular flexibility index (Phi) is 5.75. The lowest BCUT2D eigenvalue weighted by Crippen LogP contribution is -2.25. The summed E-state index contributed by atoms with van der Waals surface area (Å²) in [6, 6.07) is 18.1. The number of nitrogens with two attached hydrogens (primary N) is 1. The molecule has 0 amide bonds. The lowest BCUT2D eigenvalue weighted by molar-refractivity contribution is 0.238. The standard InChI is InChI=1S/C26H28N8O/c27-25-29-26(28-20-9-11-21(12-10-20)35-16-15-33-13-3-4-14-33)32-34(25)23-17-19-8-7-18-5-1-2-6-22(18)24(19)31-30-23/h1-2,5-6,9-12,17H,3-4,7-8,13-16H2,(H3,27,28,29,32). The van der Waals surface area contributed by atoms with E-state index in [1.54, 1.807) is 0 Å². The number of fused-ring (bicyclic) bond motifs is 3. The van der Waals surface area contributed by atoms with Crippen molar-refractivity contribution in [3.63, 3.8) is 0 Å². The van der Waals surface area contributed by atoms with E-state index in [9.17, 15) is 0 Å². The third kappa shape index (κ3) is 4.54. The molecule has 2 aromatic heterocycles. The van der Waals surface area contributed by atoms with E-state index in [1.165, 1.54) is 36.2 Å². The van der Waals surface area contributed by atoms with Gasteiger partial charge in [0, 0.05) is 17.8 Å². The molecule has 2 aliphatic rings. The number of benzene rings is 2. The highest BCUT2D eigenvalue weighted by atomic mass is 16.5. The van der Waals surface area contributed by atoms with Gasteiger partial charge in [0.2, 0.25) is 11.9 Å². The van der Waals surface area contributed by atoms with Gasteiger partial charge in [-0.3, -0.25) is 4.90 Å². The van der Waals surface area contributed by atoms with Gasteiger partial charge >= 0.3 is 0 Å². The molecule has 35 heavy (non-hydrogen) atoms. The quantitative estimate of drug-likeness (QED) is 0.424. The second-order valence-electron chi connectivity index (χ2n) is 8.99. The summed E-state index contributed by atoms with van der Waals surface area (Å²) in [6.45, 7) is 4.03. The molecule has 0 atom stereocenters. The van der Waals surface area contributed by atoms with Gasteiger partial charge in [0.25, 0.3) is 0 Å². The van der Waals surface area contributed by atoms with E-state index >= 15 is 0 Å². The normalized spacial score (nSPS) is 15.0. The predicted molar refractivity (Wildman–Crippen MR) is 135 cm³/mol. The van der Waals surface area contributed by atoms with Crippen LogP contribution in [0.4, 0.5) is 17.6 Å². The van der Waals surface area contributed by atoms with E-state index in [1.807, 2.05) is 36.4 Å². The Morgan fingerprint density at radius 3 is 2.60 bits per heavy atom. The molecule has 3 heterocycles. The maximum absolute atomic E-state index is 6.17. The van der Waals surface area contributed by atoms with Gasteiger partial charge in [-0.1, -0.05) is 24.3 Å². The molecule has 0 bridgehead atoms. The first kappa shape index (κ1) is 21.5. The number of rotatable bonds is 7. The third-order valence-corrected chi connectivity index (χ3v) is 6.63. The fraction of sp³-hybridized carbons (Fsp3) is 0.308. The van der Waals surface area contributed by atoms with Gasteiger partial charge in [0.1, 0.15) is 12.4 Å². The van der Waals surface area contributed by atoms with Crippen molar-refractivity contribution in [1.82, 2.24) is 29.9 Å². The zero-order chi connectivity index (χ0) is 23.6. The first-order chi connectivity index (χ1) is 17.2. The van der Waals surface area contributed by atoms with Crippen molar-refractivity contribution < 1.29 is 4.74 Å². The number of hydrogen-bond acceptors (Lipinski definition) is 8. The van der Waals surface area contributed by atoms with Crippen molar-refractivity contribution in [2.75, 3.05) is 37.3 Å². The fourth-order valence-corrected chi connectivity index (χ4v) is 4.79. The molecule has 1 saturated heterocycles. The average molecular weight is 469 g/mol. The summed E-state index contributed by atoms with van der Waals surface area (Å²) in [5.74, 6) is 2.05. The van der Waals surface area contributed by atoms with Crippen molar-refractivity contribution in [3.05, 3.63) is 65.7 Å². The van der Waals surface area contributed by atoms with Crippen molar-refractivity contribution in [1.29, 1.82) is 0 Å². The van der Waals surface area contributed by atoms with Gasteiger partial charge in [0.15, 0.2) is 5.82 Å². The zero-order valence-corrected chi connectivity index (χ0v) is 19.5. The van der Waals surface area contributed by atoms with Crippen LogP contribution in [0.1, 0.15) is 24.0 Å². The minimum atomic E-state index is 0.250. The van der Waals surface area contributed by atoms with Gasteiger partial charge in [-0.25, -0.2) is 0 Å². The van der Waals surface area contributed by atoms with Crippen LogP contribution in [0.15, 0.2) is 54.6 Å². The van der Waals surface area contributed by atoms with E-state index in [-0.39, 0.29) is 5.95 Å². The van der Waals surface area contributed by atoms with Crippen molar-refractivity contribution >= 4 is 17.6 Å². The van der Waals surface area contributed by atoms with Crippen LogP contribution in [0.2, 0.25) is 0 Å². The summed E-state index contributed by atoms with van der Waals surface area (Å²) in [5, 5.41) is 16.6. The van der Waals surface area contributed by atoms with Gasteiger partial charge in [-0.05, 0) is 80.2 Å². The third-order valence-electron chi connectivity index (χ3n) is 6.63. The summed E-state index contributed by atoms with van der Waals surface area (Å²) in [5.41, 5.74) is 11.5. The Bertz CT molecular complexity index is 1330. The molecule has 2 aromatic carbocycles. The maximum atomic E-state index is 6.17. The fourth-order valence-electron chi connectivity index (χ4n) is 4.79. The molecule has 0 saturated carbocycles. The Morgan fingerprint density at radius 1 is 0.943 bits per heavy atom. The number of likely N-dealkylation sites (tertiary alicyclic amines) is 1. The smallest absolute Gasteiger partial charge is 0.248 e. The van der Waals surface area contributed by atoms with Crippen LogP contribution >= 0.6 is 0 Å². The second-order valence-corrected chi connectivity index (χ2v) is 8.99. The van der Waals surface area contributed by atoms with Crippen molar-refractivity contribution in [2.45, 2.75) is 25.7 Å². The summed E-state index contributed by atoms with van der Waals surface area (Å²) in [4.78, 5) is 6.80. The summed E-state index contributed by atoms with van der Waals surface area (Å²) in [6.07, 6.45) is 4.47. The zero-order valence-electron chi connectivity index (χ0n) is 19.5. The van der Waals surface area contributed by atoms with Gasteiger partial charge < -0.3 is 15.8 Å². The van der Waals surface area contributed by atoms with E-state index < -0.39 is 0 Å². The van der Waals surface area contributed by atoms with Crippen LogP contribution in [-0.4, -0.2) is 56.1 Å². The molecular formula is C26H28N8O. The first-order valence-corrected chi connectivity index (χ1v) is 12.1. The monoisotopic (exact) mass is 468 g/mol. The van der Waals surface area contributed by atoms with Crippen molar-refractivity contribution in [2.24, 2.45) is 0 Å². The number of nitrogens with one attached hydrogen (secondary N) is 1. The molecule has 178 valence electrons. The van der Waals surface area contributed by atoms with E-state index in [0.717, 1.165) is 47.6 Å². The van der Waals surface area contributed by atoms with Crippen molar-refractivity contribution in [3.8, 4) is 22.8 Å². The SMILES string of the molecule is Nc1nc(Nc2ccc(OCCN3CCCC3)cc2)nn1-c1cc2c(nn1)-c1ccccc1CC2. The van der Waals surface area contributed by atoms with E-state index in [4.69, 9.17) is 10.5 Å². The molecule has 0 radical (unpaired) electrons. The average Bonchev–Trinajstić information content (AvgIpc) is 3.54. The number of nitrogen functional groups attached to an aromatic ring is 1. The Labute approximate surface area is 204 Å². The Balaban J connectivity index is 1.13. The second kappa shape index (κ2) is 9.34. The van der Waals surface area contributed by atoms with Gasteiger partial charge in [0.05, 0.1) is 5.69 Å². The number of nitrogens with zero attached hydrogens (tertiary/aromatic N) is 6. The molecule has 9 nitrogen and oxygen atoms in total. The molecule has 6 rings (SSSR count). The number of ether oxygens (including phenoxy) is 1. The molecular weight excluding hydrogens is 440 g/mol. The van der Waals surface area contributed by atoms with Crippen LogP contribution in [0.25, 0.3) is 17.1 Å². The largest absolute Gasteiger partial charge is 0.492 e. The highest BCUT2D eigenvalue weighted by Gasteiger charge is 2.20. The van der Waals surface area contributed by atoms with E-state index in [0.29, 0.717) is 18.4 Å². The highest BCUT2D eigenvalue weighted by molar-refractivity contribution is 5.69. The van der Waals surface area contributed by atoms with Crippen LogP contribution in [0.5, 0.6) is 5.75 Å². The molecule has 1 aliphatic carbocycles. The Morgan fingerprint density at radius 2 is 1.74 bits per heavy atom. The molecule has 4 aromatic rings.